The summed E-state index contributed by atoms with van der Waals surface area (Å²) in [6.07, 6.45) is 2.37. The van der Waals surface area contributed by atoms with Crippen LogP contribution in [0.1, 0.15) is 26.7 Å². The summed E-state index contributed by atoms with van der Waals surface area (Å²) in [5.74, 6) is 0.577. The Balaban J connectivity index is 2.22. The van der Waals surface area contributed by atoms with Crippen molar-refractivity contribution in [1.29, 1.82) is 0 Å². The third kappa shape index (κ3) is 4.82. The van der Waals surface area contributed by atoms with Crippen LogP contribution in [0.2, 0.25) is 0 Å². The van der Waals surface area contributed by atoms with Crippen LogP contribution in [-0.2, 0) is 0 Å². The van der Waals surface area contributed by atoms with Gasteiger partial charge in [-0.1, -0.05) is 6.92 Å². The van der Waals surface area contributed by atoms with Crippen molar-refractivity contribution in [3.63, 3.8) is 0 Å². The zero-order chi connectivity index (χ0) is 13.4. The molecule has 1 heterocycles. The highest BCUT2D eigenvalue weighted by atomic mass is 16.3. The Morgan fingerprint density at radius 2 is 2.28 bits per heavy atom. The average molecular weight is 257 g/mol. The van der Waals surface area contributed by atoms with E-state index in [2.05, 4.69) is 17.1 Å². The fourth-order valence-corrected chi connectivity index (χ4v) is 2.47. The monoisotopic (exact) mass is 257 g/mol. The molecule has 5 heteroatoms. The molecule has 18 heavy (non-hydrogen) atoms. The lowest BCUT2D eigenvalue weighted by Gasteiger charge is -2.21. The van der Waals surface area contributed by atoms with Gasteiger partial charge in [0.2, 0.25) is 0 Å². The van der Waals surface area contributed by atoms with E-state index in [4.69, 9.17) is 5.11 Å². The Hall–Kier alpha value is -0.810. The van der Waals surface area contributed by atoms with Crippen LogP contribution in [0.15, 0.2) is 0 Å². The fourth-order valence-electron chi connectivity index (χ4n) is 2.47. The van der Waals surface area contributed by atoms with Crippen LogP contribution in [0, 0.1) is 5.92 Å². The molecule has 0 bridgehead atoms. The third-order valence-corrected chi connectivity index (χ3v) is 3.49. The van der Waals surface area contributed by atoms with Crippen LogP contribution < -0.4 is 5.32 Å². The van der Waals surface area contributed by atoms with Crippen molar-refractivity contribution < 1.29 is 9.90 Å². The minimum Gasteiger partial charge on any atom is -0.395 e. The van der Waals surface area contributed by atoms with Crippen LogP contribution in [0.4, 0.5) is 4.79 Å². The normalized spacial score (nSPS) is 20.1. The fraction of sp³-hybridized carbons (Fsp3) is 0.923. The molecule has 106 valence electrons. The maximum atomic E-state index is 11.8. The van der Waals surface area contributed by atoms with Crippen molar-refractivity contribution in [1.82, 2.24) is 15.1 Å². The largest absolute Gasteiger partial charge is 0.395 e. The van der Waals surface area contributed by atoms with Gasteiger partial charge in [0.05, 0.1) is 6.61 Å². The van der Waals surface area contributed by atoms with Gasteiger partial charge in [-0.2, -0.15) is 0 Å². The molecule has 1 saturated heterocycles. The molecule has 2 amide bonds. The second kappa shape index (κ2) is 8.32. The molecule has 1 fully saturated rings. The molecule has 1 aliphatic heterocycles. The minimum absolute atomic E-state index is 0.0228. The SMILES string of the molecule is CCCN1CCC(CNC(=O)N(CC)CCO)C1. The minimum atomic E-state index is -0.0551. The third-order valence-electron chi connectivity index (χ3n) is 3.49. The Labute approximate surface area is 110 Å². The molecular weight excluding hydrogens is 230 g/mol. The number of aliphatic hydroxyl groups is 1. The van der Waals surface area contributed by atoms with Gasteiger partial charge in [-0.3, -0.25) is 0 Å². The summed E-state index contributed by atoms with van der Waals surface area (Å²) in [7, 11) is 0. The number of likely N-dealkylation sites (tertiary alicyclic amines) is 1. The number of amides is 2. The summed E-state index contributed by atoms with van der Waals surface area (Å²) in [5.41, 5.74) is 0. The van der Waals surface area contributed by atoms with Gasteiger partial charge in [-0.15, -0.1) is 0 Å². The van der Waals surface area contributed by atoms with Gasteiger partial charge in [0.25, 0.3) is 0 Å². The number of hydrogen-bond donors (Lipinski definition) is 2. The smallest absolute Gasteiger partial charge is 0.317 e. The van der Waals surface area contributed by atoms with Crippen molar-refractivity contribution in [3.05, 3.63) is 0 Å². The van der Waals surface area contributed by atoms with Crippen LogP contribution in [0.3, 0.4) is 0 Å². The topological polar surface area (TPSA) is 55.8 Å². The highest BCUT2D eigenvalue weighted by Crippen LogP contribution is 2.15. The van der Waals surface area contributed by atoms with Crippen LogP contribution in [0.25, 0.3) is 0 Å². The highest BCUT2D eigenvalue weighted by molar-refractivity contribution is 5.74. The summed E-state index contributed by atoms with van der Waals surface area (Å²) in [6.45, 7) is 9.36. The van der Waals surface area contributed by atoms with Gasteiger partial charge in [0.15, 0.2) is 0 Å². The molecule has 0 aromatic rings. The van der Waals surface area contributed by atoms with Gasteiger partial charge in [-0.25, -0.2) is 4.79 Å². The Kier molecular flexibility index (Phi) is 7.05. The number of carbonyl (C=O) groups is 1. The van der Waals surface area contributed by atoms with E-state index in [0.29, 0.717) is 19.0 Å². The lowest BCUT2D eigenvalue weighted by Crippen LogP contribution is -2.43. The summed E-state index contributed by atoms with van der Waals surface area (Å²) < 4.78 is 0. The van der Waals surface area contributed by atoms with Gasteiger partial charge >= 0.3 is 6.03 Å². The van der Waals surface area contributed by atoms with Crippen molar-refractivity contribution >= 4 is 6.03 Å². The van der Waals surface area contributed by atoms with Crippen molar-refractivity contribution in [3.8, 4) is 0 Å². The van der Waals surface area contributed by atoms with E-state index in [9.17, 15) is 4.79 Å². The first-order chi connectivity index (χ1) is 8.71. The quantitative estimate of drug-likeness (QED) is 0.707. The predicted octanol–water partition coefficient (Wildman–Crippen LogP) is 0.742. The molecule has 0 aromatic carbocycles. The van der Waals surface area contributed by atoms with Gasteiger partial charge in [-0.05, 0) is 38.8 Å². The number of nitrogens with zero attached hydrogens (tertiary/aromatic N) is 2. The molecule has 5 nitrogen and oxygen atoms in total. The molecule has 0 saturated carbocycles. The number of nitrogens with one attached hydrogen (secondary N) is 1. The number of aliphatic hydroxyl groups excluding tert-OH is 1. The number of rotatable bonds is 7. The van der Waals surface area contributed by atoms with Crippen molar-refractivity contribution in [2.24, 2.45) is 5.92 Å². The van der Waals surface area contributed by atoms with E-state index in [-0.39, 0.29) is 12.6 Å². The molecule has 1 atom stereocenters. The van der Waals surface area contributed by atoms with Gasteiger partial charge < -0.3 is 20.2 Å². The second-order valence-corrected chi connectivity index (χ2v) is 4.94. The highest BCUT2D eigenvalue weighted by Gasteiger charge is 2.22. The van der Waals surface area contributed by atoms with E-state index < -0.39 is 0 Å². The lowest BCUT2D eigenvalue weighted by molar-refractivity contribution is 0.179. The molecule has 1 rings (SSSR count). The summed E-state index contributed by atoms with van der Waals surface area (Å²) in [6, 6.07) is -0.0551. The molecular formula is C13H27N3O2. The predicted molar refractivity (Wildman–Crippen MR) is 72.6 cm³/mol. The summed E-state index contributed by atoms with van der Waals surface area (Å²) in [4.78, 5) is 15.9. The first kappa shape index (κ1) is 15.2. The number of urea groups is 1. The van der Waals surface area contributed by atoms with E-state index >= 15 is 0 Å². The Morgan fingerprint density at radius 3 is 2.89 bits per heavy atom. The average Bonchev–Trinajstić information content (AvgIpc) is 2.81. The van der Waals surface area contributed by atoms with E-state index in [1.165, 1.54) is 12.8 Å². The number of hydrogen-bond acceptors (Lipinski definition) is 3. The lowest BCUT2D eigenvalue weighted by atomic mass is 10.1. The zero-order valence-corrected chi connectivity index (χ0v) is 11.7. The van der Waals surface area contributed by atoms with Gasteiger partial charge in [0, 0.05) is 26.2 Å². The van der Waals surface area contributed by atoms with Crippen LogP contribution in [0.5, 0.6) is 0 Å². The Morgan fingerprint density at radius 1 is 1.50 bits per heavy atom. The number of likely N-dealkylation sites (N-methyl/N-ethyl adjacent to an activating group) is 1. The van der Waals surface area contributed by atoms with Crippen molar-refractivity contribution in [2.45, 2.75) is 26.7 Å². The Bertz CT molecular complexity index is 248. The van der Waals surface area contributed by atoms with E-state index in [1.54, 1.807) is 4.90 Å². The molecule has 0 aromatic heterocycles. The van der Waals surface area contributed by atoms with Gasteiger partial charge in [0.1, 0.15) is 0 Å². The first-order valence-corrected chi connectivity index (χ1v) is 7.07. The second-order valence-electron chi connectivity index (χ2n) is 4.94. The standard InChI is InChI=1S/C13H27N3O2/c1-3-6-15-7-5-12(11-15)10-14-13(18)16(4-2)8-9-17/h12,17H,3-11H2,1-2H3,(H,14,18). The van der Waals surface area contributed by atoms with E-state index in [0.717, 1.165) is 26.2 Å². The maximum Gasteiger partial charge on any atom is 0.317 e. The summed E-state index contributed by atoms with van der Waals surface area (Å²) in [5, 5.41) is 11.8. The maximum absolute atomic E-state index is 11.8. The molecule has 0 radical (unpaired) electrons. The molecule has 0 spiro atoms. The van der Waals surface area contributed by atoms with Crippen LogP contribution >= 0.6 is 0 Å². The molecule has 1 unspecified atom stereocenters. The van der Waals surface area contributed by atoms with E-state index in [1.807, 2.05) is 6.92 Å². The molecule has 2 N–H and O–H groups in total. The van der Waals surface area contributed by atoms with Crippen LogP contribution in [-0.4, -0.2) is 66.8 Å². The first-order valence-electron chi connectivity index (χ1n) is 7.07. The summed E-state index contributed by atoms with van der Waals surface area (Å²) >= 11 is 0. The zero-order valence-electron chi connectivity index (χ0n) is 11.7. The van der Waals surface area contributed by atoms with Crippen molar-refractivity contribution in [2.75, 3.05) is 45.9 Å². The number of carbonyl (C=O) groups excluding carboxylic acids is 1. The molecule has 0 aliphatic carbocycles. The molecule has 1 aliphatic rings.